The molecule has 0 spiro atoms. The summed E-state index contributed by atoms with van der Waals surface area (Å²) in [5.41, 5.74) is 0.261. The Balaban J connectivity index is 3.16. The van der Waals surface area contributed by atoms with Crippen molar-refractivity contribution in [2.45, 2.75) is 13.3 Å². The maximum atomic E-state index is 12.8. The monoisotopic (exact) mass is 426 g/mol. The largest absolute Gasteiger partial charge is 0.496 e. The number of carbonyl (C=O) groups is 2. The highest BCUT2D eigenvalue weighted by molar-refractivity contribution is 6.34. The quantitative estimate of drug-likeness (QED) is 0.593. The molecule has 29 heavy (non-hydrogen) atoms. The van der Waals surface area contributed by atoms with E-state index in [4.69, 9.17) is 40.0 Å². The standard InChI is InChI=1S/C20H23ClO8/c1-7-29-20(23)14-10(8-13(22)25-3)17(26-4)16-15(19(14)28-6)12(24-2)9-11(21)18(16)27-5/h9H,7-8H2,1-6H3. The summed E-state index contributed by atoms with van der Waals surface area (Å²) in [5, 5.41) is 1.04. The second-order valence-electron chi connectivity index (χ2n) is 5.74. The number of methoxy groups -OCH3 is 5. The van der Waals surface area contributed by atoms with Crippen LogP contribution in [-0.2, 0) is 20.7 Å². The number of esters is 2. The number of halogens is 1. The first-order chi connectivity index (χ1) is 13.9. The van der Waals surface area contributed by atoms with Crippen LogP contribution in [0, 0.1) is 0 Å². The molecule has 0 bridgehead atoms. The van der Waals surface area contributed by atoms with Crippen molar-refractivity contribution in [3.63, 3.8) is 0 Å². The second kappa shape index (κ2) is 9.56. The predicted octanol–water partition coefficient (Wildman–Crippen LogP) is 3.42. The lowest BCUT2D eigenvalue weighted by Gasteiger charge is -2.22. The molecule has 0 saturated heterocycles. The predicted molar refractivity (Wildman–Crippen MR) is 107 cm³/mol. The molecule has 8 nitrogen and oxygen atoms in total. The zero-order chi connectivity index (χ0) is 21.7. The van der Waals surface area contributed by atoms with Crippen molar-refractivity contribution in [1.82, 2.24) is 0 Å². The number of rotatable bonds is 8. The van der Waals surface area contributed by atoms with Crippen LogP contribution in [0.1, 0.15) is 22.8 Å². The Morgan fingerprint density at radius 1 is 0.897 bits per heavy atom. The third-order valence-electron chi connectivity index (χ3n) is 4.32. The highest BCUT2D eigenvalue weighted by Crippen LogP contribution is 2.51. The zero-order valence-corrected chi connectivity index (χ0v) is 17.9. The maximum Gasteiger partial charge on any atom is 0.342 e. The summed E-state index contributed by atoms with van der Waals surface area (Å²) in [6, 6.07) is 1.54. The van der Waals surface area contributed by atoms with Crippen molar-refractivity contribution in [2.24, 2.45) is 0 Å². The average molecular weight is 427 g/mol. The van der Waals surface area contributed by atoms with Gasteiger partial charge in [0.25, 0.3) is 0 Å². The van der Waals surface area contributed by atoms with E-state index in [-0.39, 0.29) is 46.4 Å². The van der Waals surface area contributed by atoms with E-state index in [9.17, 15) is 9.59 Å². The number of fused-ring (bicyclic) bond motifs is 1. The topological polar surface area (TPSA) is 89.5 Å². The van der Waals surface area contributed by atoms with Crippen LogP contribution in [0.15, 0.2) is 6.07 Å². The van der Waals surface area contributed by atoms with Gasteiger partial charge in [0.15, 0.2) is 0 Å². The minimum absolute atomic E-state index is 0.0341. The number of benzene rings is 2. The molecule has 0 unspecified atom stereocenters. The van der Waals surface area contributed by atoms with Gasteiger partial charge in [-0.1, -0.05) is 11.6 Å². The van der Waals surface area contributed by atoms with Gasteiger partial charge in [-0.2, -0.15) is 0 Å². The van der Waals surface area contributed by atoms with E-state index in [1.807, 2.05) is 0 Å². The Labute approximate surface area is 173 Å². The van der Waals surface area contributed by atoms with Crippen LogP contribution < -0.4 is 18.9 Å². The summed E-state index contributed by atoms with van der Waals surface area (Å²) >= 11 is 6.36. The molecule has 158 valence electrons. The van der Waals surface area contributed by atoms with Crippen molar-refractivity contribution in [3.05, 3.63) is 22.2 Å². The third-order valence-corrected chi connectivity index (χ3v) is 4.60. The summed E-state index contributed by atoms with van der Waals surface area (Å²) in [5.74, 6) is -0.310. The van der Waals surface area contributed by atoms with Crippen LogP contribution in [0.4, 0.5) is 0 Å². The van der Waals surface area contributed by atoms with Crippen LogP contribution in [0.5, 0.6) is 23.0 Å². The van der Waals surface area contributed by atoms with Gasteiger partial charge in [-0.3, -0.25) is 4.79 Å². The van der Waals surface area contributed by atoms with Crippen LogP contribution in [0.3, 0.4) is 0 Å². The molecule has 2 aromatic carbocycles. The lowest BCUT2D eigenvalue weighted by Crippen LogP contribution is -2.16. The third kappa shape index (κ3) is 3.98. The number of carbonyl (C=O) groups excluding carboxylic acids is 2. The molecule has 0 radical (unpaired) electrons. The first-order valence-electron chi connectivity index (χ1n) is 8.64. The molecule has 0 aliphatic rings. The zero-order valence-electron chi connectivity index (χ0n) is 17.1. The molecule has 0 amide bonds. The van der Waals surface area contributed by atoms with Gasteiger partial charge in [0.05, 0.1) is 64.4 Å². The van der Waals surface area contributed by atoms with Gasteiger partial charge >= 0.3 is 11.9 Å². The SMILES string of the molecule is CCOC(=O)c1c(CC(=O)OC)c(OC)c2c(OC)c(Cl)cc(OC)c2c1OC. The molecule has 0 fully saturated rings. The fourth-order valence-corrected chi connectivity index (χ4v) is 3.44. The minimum atomic E-state index is -0.681. The van der Waals surface area contributed by atoms with E-state index in [0.29, 0.717) is 16.5 Å². The highest BCUT2D eigenvalue weighted by Gasteiger charge is 2.32. The average Bonchev–Trinajstić information content (AvgIpc) is 2.72. The second-order valence-corrected chi connectivity index (χ2v) is 6.14. The Kier molecular flexibility index (Phi) is 7.39. The smallest absolute Gasteiger partial charge is 0.342 e. The van der Waals surface area contributed by atoms with Crippen LogP contribution in [-0.4, -0.2) is 54.1 Å². The van der Waals surface area contributed by atoms with E-state index in [0.717, 1.165) is 0 Å². The van der Waals surface area contributed by atoms with Gasteiger partial charge in [-0.05, 0) is 6.92 Å². The minimum Gasteiger partial charge on any atom is -0.496 e. The Hall–Kier alpha value is -2.87. The summed E-state index contributed by atoms with van der Waals surface area (Å²) in [7, 11) is 6.95. The summed E-state index contributed by atoms with van der Waals surface area (Å²) < 4.78 is 32.1. The first kappa shape index (κ1) is 22.4. The van der Waals surface area contributed by atoms with Gasteiger partial charge in [0.2, 0.25) is 0 Å². The maximum absolute atomic E-state index is 12.8. The number of ether oxygens (including phenoxy) is 6. The number of hydrogen-bond acceptors (Lipinski definition) is 8. The lowest BCUT2D eigenvalue weighted by molar-refractivity contribution is -0.139. The van der Waals surface area contributed by atoms with Crippen molar-refractivity contribution in [1.29, 1.82) is 0 Å². The molecule has 0 aliphatic carbocycles. The molecule has 0 heterocycles. The molecular formula is C20H23ClO8. The molecule has 2 rings (SSSR count). The first-order valence-corrected chi connectivity index (χ1v) is 9.02. The van der Waals surface area contributed by atoms with Gasteiger partial charge in [-0.15, -0.1) is 0 Å². The van der Waals surface area contributed by atoms with Crippen LogP contribution in [0.2, 0.25) is 5.02 Å². The molecule has 0 saturated carbocycles. The Morgan fingerprint density at radius 3 is 2.00 bits per heavy atom. The molecular weight excluding hydrogens is 404 g/mol. The van der Waals surface area contributed by atoms with Crippen LogP contribution >= 0.6 is 11.6 Å². The van der Waals surface area contributed by atoms with E-state index in [2.05, 4.69) is 0 Å². The normalized spacial score (nSPS) is 10.4. The van der Waals surface area contributed by atoms with E-state index < -0.39 is 11.9 Å². The fraction of sp³-hybridized carbons (Fsp3) is 0.400. The van der Waals surface area contributed by atoms with Crippen molar-refractivity contribution in [2.75, 3.05) is 42.2 Å². The van der Waals surface area contributed by atoms with Gasteiger partial charge < -0.3 is 28.4 Å². The van der Waals surface area contributed by atoms with Crippen LogP contribution in [0.25, 0.3) is 10.8 Å². The molecule has 2 aromatic rings. The van der Waals surface area contributed by atoms with Crippen molar-refractivity contribution >= 4 is 34.3 Å². The fourth-order valence-electron chi connectivity index (χ4n) is 3.17. The molecule has 9 heteroatoms. The Morgan fingerprint density at radius 2 is 1.52 bits per heavy atom. The summed E-state index contributed by atoms with van der Waals surface area (Å²) in [6.45, 7) is 1.80. The Bertz CT molecular complexity index is 938. The van der Waals surface area contributed by atoms with Gasteiger partial charge in [-0.25, -0.2) is 4.79 Å². The molecule has 0 N–H and O–H groups in total. The van der Waals surface area contributed by atoms with E-state index in [1.54, 1.807) is 13.0 Å². The lowest BCUT2D eigenvalue weighted by atomic mass is 9.94. The number of hydrogen-bond donors (Lipinski definition) is 0. The molecule has 0 aromatic heterocycles. The van der Waals surface area contributed by atoms with Gasteiger partial charge in [0, 0.05) is 11.6 Å². The van der Waals surface area contributed by atoms with E-state index >= 15 is 0 Å². The molecule has 0 atom stereocenters. The summed E-state index contributed by atoms with van der Waals surface area (Å²) in [6.07, 6.45) is -0.266. The van der Waals surface area contributed by atoms with Crippen molar-refractivity contribution in [3.8, 4) is 23.0 Å². The summed E-state index contributed by atoms with van der Waals surface area (Å²) in [4.78, 5) is 24.9. The highest BCUT2D eigenvalue weighted by atomic mass is 35.5. The molecule has 0 aliphatic heterocycles. The van der Waals surface area contributed by atoms with E-state index in [1.165, 1.54) is 35.5 Å². The van der Waals surface area contributed by atoms with Crippen molar-refractivity contribution < 1.29 is 38.0 Å². The van der Waals surface area contributed by atoms with Gasteiger partial charge in [0.1, 0.15) is 28.6 Å².